The number of ether oxygens (including phenoxy) is 5. The fraction of sp³-hybridized carbons (Fsp3) is 0.915. The van der Waals surface area contributed by atoms with Gasteiger partial charge in [-0.3, -0.25) is 28.9 Å². The third-order valence-electron chi connectivity index (χ3n) is 14.8. The van der Waals surface area contributed by atoms with E-state index >= 15 is 0 Å². The molecule has 0 aliphatic carbocycles. The number of esters is 4. The fourth-order valence-corrected chi connectivity index (χ4v) is 10.3. The van der Waals surface area contributed by atoms with Crippen molar-refractivity contribution in [2.45, 2.75) is 258 Å². The Kier molecular flexibility index (Phi) is 41.6. The Morgan fingerprint density at radius 2 is 0.845 bits per heavy atom. The van der Waals surface area contributed by atoms with Crippen LogP contribution in [0.5, 0.6) is 0 Å². The minimum absolute atomic E-state index is 0.0553. The number of carbonyl (C=O) groups excluding carboxylic acids is 5. The van der Waals surface area contributed by atoms with Crippen molar-refractivity contribution in [3.63, 3.8) is 0 Å². The lowest BCUT2D eigenvalue weighted by Gasteiger charge is -2.27. The van der Waals surface area contributed by atoms with Crippen LogP contribution < -0.4 is 0 Å². The molecule has 0 radical (unpaired) electrons. The van der Waals surface area contributed by atoms with Crippen LogP contribution in [0.1, 0.15) is 258 Å². The van der Waals surface area contributed by atoms with Gasteiger partial charge in [-0.15, -0.1) is 0 Å². The summed E-state index contributed by atoms with van der Waals surface area (Å²) in [7, 11) is 0. The molecule has 2 aliphatic rings. The molecule has 0 aromatic heterocycles. The summed E-state index contributed by atoms with van der Waals surface area (Å²) in [6.45, 7) is 13.3. The lowest BCUT2D eigenvalue weighted by Crippen LogP contribution is -2.38. The van der Waals surface area contributed by atoms with Crippen molar-refractivity contribution in [3.05, 3.63) is 0 Å². The summed E-state index contributed by atoms with van der Waals surface area (Å²) in [6, 6.07) is 0. The van der Waals surface area contributed by atoms with E-state index in [1.165, 1.54) is 122 Å². The number of cyclic esters (lactones) is 4. The molecule has 2 heterocycles. The van der Waals surface area contributed by atoms with Crippen LogP contribution in [-0.2, 0) is 47.7 Å². The van der Waals surface area contributed by atoms with Gasteiger partial charge in [0.2, 0.25) is 5.91 Å². The highest BCUT2D eigenvalue weighted by Gasteiger charge is 2.19. The van der Waals surface area contributed by atoms with E-state index in [4.69, 9.17) is 23.7 Å². The number of hydrogen-bond donors (Lipinski definition) is 0. The normalized spacial score (nSPS) is 23.0. The number of hydrogen-bond acceptors (Lipinski definition) is 11. The molecule has 0 spiro atoms. The maximum atomic E-state index is 13.4. The van der Waals surface area contributed by atoms with E-state index in [1.54, 1.807) is 0 Å². The third kappa shape index (κ3) is 37.6. The molecule has 3 unspecified atom stereocenters. The van der Waals surface area contributed by atoms with E-state index < -0.39 is 0 Å². The van der Waals surface area contributed by atoms with Gasteiger partial charge in [-0.25, -0.2) is 0 Å². The van der Waals surface area contributed by atoms with Crippen molar-refractivity contribution in [1.29, 1.82) is 0 Å². The zero-order chi connectivity index (χ0) is 51.3. The van der Waals surface area contributed by atoms with E-state index in [0.717, 1.165) is 83.7 Å². The van der Waals surface area contributed by atoms with Gasteiger partial charge < -0.3 is 28.6 Å². The average molecular weight is 1010 g/mol. The first-order chi connectivity index (χ1) is 34.7. The Balaban J connectivity index is 1.98. The Morgan fingerprint density at radius 1 is 0.423 bits per heavy atom. The molecule has 2 aliphatic heterocycles. The Labute approximate surface area is 434 Å². The summed E-state index contributed by atoms with van der Waals surface area (Å²) >= 11 is 0. The minimum Gasteiger partial charge on any atom is -0.466 e. The van der Waals surface area contributed by atoms with Crippen LogP contribution in [-0.4, -0.2) is 112 Å². The molecule has 12 nitrogen and oxygen atoms in total. The molecule has 71 heavy (non-hydrogen) atoms. The highest BCUT2D eigenvalue weighted by atomic mass is 16.5. The minimum atomic E-state index is -0.258. The summed E-state index contributed by atoms with van der Waals surface area (Å²) in [5.74, 6) is 0.883. The van der Waals surface area contributed by atoms with Gasteiger partial charge in [0.25, 0.3) is 0 Å². The second kappa shape index (κ2) is 45.9. The topological polar surface area (TPSA) is 138 Å². The van der Waals surface area contributed by atoms with Gasteiger partial charge in [-0.2, -0.15) is 0 Å². The van der Waals surface area contributed by atoms with E-state index in [2.05, 4.69) is 25.7 Å². The van der Waals surface area contributed by atoms with Crippen molar-refractivity contribution in [1.82, 2.24) is 9.80 Å². The molecular formula is C59H108N2O10. The van der Waals surface area contributed by atoms with E-state index in [1.807, 2.05) is 4.90 Å². The van der Waals surface area contributed by atoms with Crippen molar-refractivity contribution in [3.8, 4) is 0 Å². The molecule has 1 amide bonds. The smallest absolute Gasteiger partial charge is 0.305 e. The number of amides is 1. The van der Waals surface area contributed by atoms with Gasteiger partial charge in [-0.05, 0) is 94.9 Å². The Morgan fingerprint density at radius 3 is 1.34 bits per heavy atom. The molecule has 0 N–H and O–H groups in total. The first kappa shape index (κ1) is 64.4. The summed E-state index contributed by atoms with van der Waals surface area (Å²) in [4.78, 5) is 68.4. The van der Waals surface area contributed by atoms with Gasteiger partial charge in [0.15, 0.2) is 0 Å². The Hall–Kier alpha value is -2.73. The highest BCUT2D eigenvalue weighted by Crippen LogP contribution is 2.26. The second-order valence-corrected chi connectivity index (χ2v) is 21.3. The van der Waals surface area contributed by atoms with Crippen LogP contribution in [0, 0.1) is 17.8 Å². The number of unbranched alkanes of at least 4 members (excludes halogenated alkanes) is 8. The number of carbonyl (C=O) groups is 5. The molecule has 12 heteroatoms. The molecular weight excluding hydrogens is 897 g/mol. The lowest BCUT2D eigenvalue weighted by molar-refractivity contribution is -0.146. The van der Waals surface area contributed by atoms with Crippen LogP contribution in [0.3, 0.4) is 0 Å². The molecule has 2 rings (SSSR count). The summed E-state index contributed by atoms with van der Waals surface area (Å²) < 4.78 is 28.3. The van der Waals surface area contributed by atoms with Crippen LogP contribution in [0.2, 0.25) is 0 Å². The first-order valence-electron chi connectivity index (χ1n) is 29.9. The van der Waals surface area contributed by atoms with E-state index in [0.29, 0.717) is 109 Å². The number of morpholine rings is 1. The third-order valence-corrected chi connectivity index (χ3v) is 14.8. The number of nitrogens with zero attached hydrogens (tertiary/aromatic N) is 2. The largest absolute Gasteiger partial charge is 0.466 e. The van der Waals surface area contributed by atoms with Crippen LogP contribution >= 0.6 is 0 Å². The molecule has 0 aromatic rings. The monoisotopic (exact) mass is 1000 g/mol. The average Bonchev–Trinajstić information content (AvgIpc) is 3.36. The van der Waals surface area contributed by atoms with Gasteiger partial charge in [-0.1, -0.05) is 156 Å². The molecule has 0 saturated carbocycles. The second-order valence-electron chi connectivity index (χ2n) is 21.3. The summed E-state index contributed by atoms with van der Waals surface area (Å²) in [5.41, 5.74) is 0. The molecule has 0 aromatic carbocycles. The molecule has 2 fully saturated rings. The zero-order valence-corrected chi connectivity index (χ0v) is 46.2. The molecule has 3 atom stereocenters. The standard InChI is InChI=1S/C59H108N2O10/c1-4-7-9-11-12-17-33-53-34-19-13-18-30-52(29-6-3)31-24-25-35-54(32-16-10-8-5-2)51-71-59(66)40-23-15-21-38-57(64)69-47-28-43-61(55(62)36-26-41-60-44-48-67-49-45-60)42-27-46-68-56(63)37-20-14-22-39-58(65)70-50-53/h52-54H,4-51H2,1-3H3. The van der Waals surface area contributed by atoms with Gasteiger partial charge in [0, 0.05) is 58.3 Å². The van der Waals surface area contributed by atoms with E-state index in [-0.39, 0.29) is 43.0 Å². The van der Waals surface area contributed by atoms with Gasteiger partial charge >= 0.3 is 23.9 Å². The van der Waals surface area contributed by atoms with Crippen molar-refractivity contribution >= 4 is 29.8 Å². The quantitative estimate of drug-likeness (QED) is 0.0737. The van der Waals surface area contributed by atoms with Crippen LogP contribution in [0.4, 0.5) is 0 Å². The molecule has 2 saturated heterocycles. The molecule has 414 valence electrons. The molecule has 0 bridgehead atoms. The van der Waals surface area contributed by atoms with Crippen LogP contribution in [0.25, 0.3) is 0 Å². The zero-order valence-electron chi connectivity index (χ0n) is 46.2. The van der Waals surface area contributed by atoms with Gasteiger partial charge in [0.05, 0.1) is 39.6 Å². The maximum absolute atomic E-state index is 13.4. The first-order valence-corrected chi connectivity index (χ1v) is 29.9. The predicted molar refractivity (Wildman–Crippen MR) is 286 cm³/mol. The van der Waals surface area contributed by atoms with Gasteiger partial charge in [0.1, 0.15) is 0 Å². The predicted octanol–water partition coefficient (Wildman–Crippen LogP) is 13.7. The van der Waals surface area contributed by atoms with Crippen molar-refractivity contribution < 1.29 is 47.7 Å². The summed E-state index contributed by atoms with van der Waals surface area (Å²) in [5, 5.41) is 0. The fourth-order valence-electron chi connectivity index (χ4n) is 10.3. The van der Waals surface area contributed by atoms with Crippen molar-refractivity contribution in [2.24, 2.45) is 17.8 Å². The van der Waals surface area contributed by atoms with E-state index in [9.17, 15) is 24.0 Å². The number of rotatable bonds is 18. The summed E-state index contributed by atoms with van der Waals surface area (Å²) in [6.07, 6.45) is 36.0. The SMILES string of the molecule is CCCCCCCCC1CCCCCC(CCC)CCCCC(CCCCCC)COC(=O)CCCCCC(=O)OCCCN(C(=O)CCCN2CCOCC2)CCCOC(=O)CCCCCC(=O)OC1. The maximum Gasteiger partial charge on any atom is 0.305 e. The highest BCUT2D eigenvalue weighted by molar-refractivity contribution is 5.76. The Bertz CT molecular complexity index is 1320. The van der Waals surface area contributed by atoms with Crippen LogP contribution in [0.15, 0.2) is 0 Å². The lowest BCUT2D eigenvalue weighted by atomic mass is 9.88. The van der Waals surface area contributed by atoms with Crippen molar-refractivity contribution in [2.75, 3.05) is 72.4 Å².